The SMILES string of the molecule is O=C1NC(=NO)SC1=Cc1cccc(Br)c1. The topological polar surface area (TPSA) is 61.7 Å². The van der Waals surface area contributed by atoms with Crippen LogP contribution in [-0.4, -0.2) is 16.3 Å². The first-order chi connectivity index (χ1) is 7.69. The molecule has 1 heterocycles. The van der Waals surface area contributed by atoms with E-state index in [4.69, 9.17) is 5.21 Å². The summed E-state index contributed by atoms with van der Waals surface area (Å²) >= 11 is 4.46. The molecular weight excluding hydrogens is 292 g/mol. The van der Waals surface area contributed by atoms with Crippen LogP contribution in [0.5, 0.6) is 0 Å². The van der Waals surface area contributed by atoms with Gasteiger partial charge in [-0.25, -0.2) is 0 Å². The van der Waals surface area contributed by atoms with Crippen LogP contribution < -0.4 is 5.32 Å². The average Bonchev–Trinajstić information content (AvgIpc) is 2.60. The molecule has 6 heteroatoms. The van der Waals surface area contributed by atoms with Gasteiger partial charge in [-0.1, -0.05) is 33.2 Å². The quantitative estimate of drug-likeness (QED) is 0.475. The van der Waals surface area contributed by atoms with Gasteiger partial charge in [0, 0.05) is 4.47 Å². The second-order valence-corrected chi connectivity index (χ2v) is 4.97. The third-order valence-corrected chi connectivity index (χ3v) is 3.28. The fraction of sp³-hybridized carbons (Fsp3) is 0. The minimum Gasteiger partial charge on any atom is -0.409 e. The molecule has 0 saturated carbocycles. The highest BCUT2D eigenvalue weighted by atomic mass is 79.9. The first kappa shape index (κ1) is 11.2. The summed E-state index contributed by atoms with van der Waals surface area (Å²) in [4.78, 5) is 11.9. The van der Waals surface area contributed by atoms with Gasteiger partial charge in [0.2, 0.25) is 5.17 Å². The number of hydrogen-bond donors (Lipinski definition) is 2. The molecule has 1 aliphatic rings. The summed E-state index contributed by atoms with van der Waals surface area (Å²) in [5.41, 5.74) is 0.909. The van der Waals surface area contributed by atoms with Gasteiger partial charge in [-0.05, 0) is 35.5 Å². The number of nitrogens with zero attached hydrogens (tertiary/aromatic N) is 1. The Hall–Kier alpha value is -1.27. The van der Waals surface area contributed by atoms with Crippen LogP contribution in [0.15, 0.2) is 38.8 Å². The molecule has 16 heavy (non-hydrogen) atoms. The van der Waals surface area contributed by atoms with Gasteiger partial charge >= 0.3 is 0 Å². The number of halogens is 1. The highest BCUT2D eigenvalue weighted by molar-refractivity contribution is 9.10. The van der Waals surface area contributed by atoms with Gasteiger partial charge in [0.25, 0.3) is 5.91 Å². The normalized spacial score (nSPS) is 20.4. The van der Waals surface area contributed by atoms with Crippen molar-refractivity contribution in [3.8, 4) is 0 Å². The molecule has 2 rings (SSSR count). The van der Waals surface area contributed by atoms with E-state index in [1.165, 1.54) is 0 Å². The van der Waals surface area contributed by atoms with E-state index in [1.54, 1.807) is 6.08 Å². The van der Waals surface area contributed by atoms with E-state index in [0.29, 0.717) is 4.91 Å². The number of hydrogen-bond acceptors (Lipinski definition) is 4. The molecule has 0 unspecified atom stereocenters. The zero-order valence-electron chi connectivity index (χ0n) is 7.98. The number of oxime groups is 1. The average molecular weight is 299 g/mol. The predicted molar refractivity (Wildman–Crippen MR) is 67.1 cm³/mol. The van der Waals surface area contributed by atoms with Gasteiger partial charge in [-0.15, -0.1) is 0 Å². The molecule has 0 bridgehead atoms. The van der Waals surface area contributed by atoms with Crippen LogP contribution in [0.4, 0.5) is 0 Å². The number of nitrogens with one attached hydrogen (secondary N) is 1. The Morgan fingerprint density at radius 1 is 1.50 bits per heavy atom. The van der Waals surface area contributed by atoms with Crippen molar-refractivity contribution in [2.75, 3.05) is 0 Å². The first-order valence-electron chi connectivity index (χ1n) is 4.37. The van der Waals surface area contributed by atoms with Crippen LogP contribution in [0.25, 0.3) is 6.08 Å². The molecule has 1 amide bonds. The lowest BCUT2D eigenvalue weighted by atomic mass is 10.2. The molecule has 0 spiro atoms. The van der Waals surface area contributed by atoms with E-state index in [2.05, 4.69) is 26.4 Å². The highest BCUT2D eigenvalue weighted by Crippen LogP contribution is 2.26. The minimum absolute atomic E-state index is 0.200. The Morgan fingerprint density at radius 3 is 2.94 bits per heavy atom. The molecule has 0 atom stereocenters. The zero-order chi connectivity index (χ0) is 11.5. The van der Waals surface area contributed by atoms with Crippen LogP contribution in [0, 0.1) is 0 Å². The van der Waals surface area contributed by atoms with Crippen LogP contribution in [0.3, 0.4) is 0 Å². The van der Waals surface area contributed by atoms with Crippen molar-refractivity contribution in [3.63, 3.8) is 0 Å². The minimum atomic E-state index is -0.252. The molecule has 0 aromatic heterocycles. The smallest absolute Gasteiger partial charge is 0.264 e. The molecule has 1 aromatic carbocycles. The molecule has 1 aromatic rings. The molecule has 1 saturated heterocycles. The van der Waals surface area contributed by atoms with Gasteiger partial charge in [0.05, 0.1) is 4.91 Å². The van der Waals surface area contributed by atoms with Crippen molar-refractivity contribution in [1.29, 1.82) is 0 Å². The Kier molecular flexibility index (Phi) is 3.31. The van der Waals surface area contributed by atoms with E-state index in [-0.39, 0.29) is 11.1 Å². The molecule has 0 aliphatic carbocycles. The van der Waals surface area contributed by atoms with E-state index in [0.717, 1.165) is 21.8 Å². The number of thioether (sulfide) groups is 1. The fourth-order valence-electron chi connectivity index (χ4n) is 1.22. The maximum atomic E-state index is 11.4. The molecule has 0 radical (unpaired) electrons. The summed E-state index contributed by atoms with van der Waals surface area (Å²) in [6.45, 7) is 0. The van der Waals surface area contributed by atoms with Gasteiger partial charge in [-0.3, -0.25) is 10.1 Å². The van der Waals surface area contributed by atoms with Crippen LogP contribution >= 0.6 is 27.7 Å². The van der Waals surface area contributed by atoms with Crippen molar-refractivity contribution in [2.45, 2.75) is 0 Å². The van der Waals surface area contributed by atoms with Gasteiger partial charge in [0.15, 0.2) is 0 Å². The van der Waals surface area contributed by atoms with Gasteiger partial charge in [0.1, 0.15) is 0 Å². The van der Waals surface area contributed by atoms with Gasteiger partial charge in [-0.2, -0.15) is 0 Å². The Bertz CT molecular complexity index is 499. The summed E-state index contributed by atoms with van der Waals surface area (Å²) in [7, 11) is 0. The lowest BCUT2D eigenvalue weighted by Crippen LogP contribution is -2.19. The second-order valence-electron chi connectivity index (χ2n) is 3.02. The number of rotatable bonds is 1. The third-order valence-electron chi connectivity index (χ3n) is 1.89. The standard InChI is InChI=1S/C10H7BrN2O2S/c11-7-3-1-2-6(4-7)5-8-9(14)12-10(13-15)16-8/h1-5,15H,(H,12,13,14). The number of carbonyl (C=O) groups excluding carboxylic acids is 1. The number of benzene rings is 1. The number of amides is 1. The van der Waals surface area contributed by atoms with E-state index in [9.17, 15) is 4.79 Å². The van der Waals surface area contributed by atoms with Crippen LogP contribution in [0.2, 0.25) is 0 Å². The summed E-state index contributed by atoms with van der Waals surface area (Å²) in [5.74, 6) is -0.252. The molecule has 1 fully saturated rings. The van der Waals surface area contributed by atoms with Crippen molar-refractivity contribution in [3.05, 3.63) is 39.2 Å². The highest BCUT2D eigenvalue weighted by Gasteiger charge is 2.23. The summed E-state index contributed by atoms with van der Waals surface area (Å²) < 4.78 is 0.946. The number of carbonyl (C=O) groups is 1. The summed E-state index contributed by atoms with van der Waals surface area (Å²) in [6.07, 6.45) is 1.74. The van der Waals surface area contributed by atoms with E-state index in [1.807, 2.05) is 24.3 Å². The Labute approximate surface area is 105 Å². The van der Waals surface area contributed by atoms with Crippen LogP contribution in [-0.2, 0) is 4.79 Å². The largest absolute Gasteiger partial charge is 0.409 e. The lowest BCUT2D eigenvalue weighted by molar-refractivity contribution is -0.115. The Balaban J connectivity index is 2.29. The third kappa shape index (κ3) is 2.45. The zero-order valence-corrected chi connectivity index (χ0v) is 10.4. The maximum Gasteiger partial charge on any atom is 0.264 e. The van der Waals surface area contributed by atoms with Crippen LogP contribution in [0.1, 0.15) is 5.56 Å². The molecule has 4 nitrogen and oxygen atoms in total. The van der Waals surface area contributed by atoms with Crippen molar-refractivity contribution >= 4 is 44.8 Å². The Morgan fingerprint density at radius 2 is 2.31 bits per heavy atom. The van der Waals surface area contributed by atoms with Gasteiger partial charge < -0.3 is 5.21 Å². The molecule has 2 N–H and O–H groups in total. The van der Waals surface area contributed by atoms with Crippen molar-refractivity contribution < 1.29 is 10.0 Å². The lowest BCUT2D eigenvalue weighted by Gasteiger charge is -1.95. The summed E-state index contributed by atoms with van der Waals surface area (Å²) in [6, 6.07) is 7.58. The second kappa shape index (κ2) is 4.71. The fourth-order valence-corrected chi connectivity index (χ4v) is 2.37. The monoisotopic (exact) mass is 298 g/mol. The molecule has 82 valence electrons. The van der Waals surface area contributed by atoms with Crippen molar-refractivity contribution in [2.24, 2.45) is 5.16 Å². The number of amidine groups is 1. The van der Waals surface area contributed by atoms with Crippen molar-refractivity contribution in [1.82, 2.24) is 5.32 Å². The predicted octanol–water partition coefficient (Wildman–Crippen LogP) is 2.40. The maximum absolute atomic E-state index is 11.4. The molecular formula is C10H7BrN2O2S. The first-order valence-corrected chi connectivity index (χ1v) is 5.98. The molecule has 1 aliphatic heterocycles. The van der Waals surface area contributed by atoms with E-state index < -0.39 is 0 Å². The summed E-state index contributed by atoms with van der Waals surface area (Å²) in [5, 5.41) is 14.1. The van der Waals surface area contributed by atoms with E-state index >= 15 is 0 Å².